The number of carbonyl (C=O) groups excluding carboxylic acids is 2. The van der Waals surface area contributed by atoms with Crippen LogP contribution in [0.3, 0.4) is 0 Å². The molecule has 0 atom stereocenters. The van der Waals surface area contributed by atoms with Crippen molar-refractivity contribution in [3.8, 4) is 0 Å². The maximum Gasteiger partial charge on any atom is 0.253 e. The molecule has 2 fully saturated rings. The summed E-state index contributed by atoms with van der Waals surface area (Å²) in [6.45, 7) is 4.32. The minimum atomic E-state index is -0.679. The molecule has 0 bridgehead atoms. The number of rotatable bonds is 2. The molecule has 138 valence electrons. The number of piperazine rings is 1. The topological polar surface area (TPSA) is 66.6 Å². The molecule has 5 nitrogen and oxygen atoms in total. The van der Waals surface area contributed by atoms with Gasteiger partial charge in [-0.1, -0.05) is 37.0 Å². The van der Waals surface area contributed by atoms with Gasteiger partial charge in [0.05, 0.1) is 5.54 Å². The molecular weight excluding hydrogens is 338 g/mol. The van der Waals surface area contributed by atoms with E-state index in [1.54, 1.807) is 0 Å². The van der Waals surface area contributed by atoms with Crippen molar-refractivity contribution in [2.24, 2.45) is 5.73 Å². The van der Waals surface area contributed by atoms with Crippen molar-refractivity contribution in [3.63, 3.8) is 0 Å². The zero-order valence-electron chi connectivity index (χ0n) is 14.9. The molecule has 2 amide bonds. The molecule has 3 rings (SSSR count). The summed E-state index contributed by atoms with van der Waals surface area (Å²) in [4.78, 5) is 29.0. The van der Waals surface area contributed by atoms with Crippen LogP contribution in [0.2, 0.25) is 0 Å². The van der Waals surface area contributed by atoms with Crippen molar-refractivity contribution in [1.82, 2.24) is 9.80 Å². The maximum absolute atomic E-state index is 12.8. The Labute approximate surface area is 155 Å². The van der Waals surface area contributed by atoms with E-state index in [1.165, 1.54) is 6.42 Å². The van der Waals surface area contributed by atoms with E-state index in [4.69, 9.17) is 5.73 Å². The Kier molecular flexibility index (Phi) is 6.47. The fraction of sp³-hybridized carbons (Fsp3) is 0.579. The normalized spacial score (nSPS) is 19.9. The molecule has 1 saturated carbocycles. The lowest BCUT2D eigenvalue weighted by Crippen LogP contribution is -2.60. The summed E-state index contributed by atoms with van der Waals surface area (Å²) in [6, 6.07) is 7.64. The molecule has 0 spiro atoms. The zero-order chi connectivity index (χ0) is 17.2. The highest BCUT2D eigenvalue weighted by Gasteiger charge is 2.39. The van der Waals surface area contributed by atoms with Gasteiger partial charge in [-0.05, 0) is 31.9 Å². The van der Waals surface area contributed by atoms with Crippen molar-refractivity contribution in [2.75, 3.05) is 26.2 Å². The monoisotopic (exact) mass is 365 g/mol. The molecular formula is C19H28ClN3O2. The fourth-order valence-corrected chi connectivity index (χ4v) is 3.70. The molecule has 0 radical (unpaired) electrons. The smallest absolute Gasteiger partial charge is 0.253 e. The van der Waals surface area contributed by atoms with Gasteiger partial charge in [0.1, 0.15) is 0 Å². The highest BCUT2D eigenvalue weighted by Crippen LogP contribution is 2.28. The molecule has 6 heteroatoms. The summed E-state index contributed by atoms with van der Waals surface area (Å²) in [5.41, 5.74) is 7.53. The first-order chi connectivity index (χ1) is 11.5. The van der Waals surface area contributed by atoms with Crippen LogP contribution in [0.1, 0.15) is 48.0 Å². The van der Waals surface area contributed by atoms with Crippen LogP contribution in [-0.2, 0) is 4.79 Å². The predicted octanol–water partition coefficient (Wildman–Crippen LogP) is 2.36. The Morgan fingerprint density at radius 3 is 2.00 bits per heavy atom. The summed E-state index contributed by atoms with van der Waals surface area (Å²) in [6.07, 6.45) is 4.82. The first kappa shape index (κ1) is 19.7. The summed E-state index contributed by atoms with van der Waals surface area (Å²) in [5.74, 6) is 0.117. The molecule has 0 unspecified atom stereocenters. The van der Waals surface area contributed by atoms with Crippen molar-refractivity contribution < 1.29 is 9.59 Å². The first-order valence-corrected chi connectivity index (χ1v) is 8.94. The van der Waals surface area contributed by atoms with Gasteiger partial charge in [-0.3, -0.25) is 9.59 Å². The summed E-state index contributed by atoms with van der Waals surface area (Å²) >= 11 is 0. The van der Waals surface area contributed by atoms with Crippen LogP contribution in [0.5, 0.6) is 0 Å². The lowest BCUT2D eigenvalue weighted by atomic mass is 9.81. The van der Waals surface area contributed by atoms with E-state index in [0.717, 1.165) is 31.2 Å². The van der Waals surface area contributed by atoms with Gasteiger partial charge in [-0.2, -0.15) is 0 Å². The van der Waals surface area contributed by atoms with Crippen LogP contribution in [0, 0.1) is 6.92 Å². The van der Waals surface area contributed by atoms with Crippen molar-refractivity contribution >= 4 is 24.2 Å². The second-order valence-corrected chi connectivity index (χ2v) is 7.17. The average Bonchev–Trinajstić information content (AvgIpc) is 2.62. The highest BCUT2D eigenvalue weighted by molar-refractivity contribution is 5.94. The third-order valence-electron chi connectivity index (χ3n) is 5.32. The molecule has 0 aromatic heterocycles. The van der Waals surface area contributed by atoms with Gasteiger partial charge in [0.25, 0.3) is 5.91 Å². The van der Waals surface area contributed by atoms with E-state index >= 15 is 0 Å². The van der Waals surface area contributed by atoms with Gasteiger partial charge in [-0.15, -0.1) is 12.4 Å². The van der Waals surface area contributed by atoms with Crippen LogP contribution in [0.25, 0.3) is 0 Å². The highest BCUT2D eigenvalue weighted by atomic mass is 35.5. The van der Waals surface area contributed by atoms with E-state index in [1.807, 2.05) is 41.0 Å². The van der Waals surface area contributed by atoms with E-state index in [0.29, 0.717) is 31.7 Å². The van der Waals surface area contributed by atoms with Crippen molar-refractivity contribution in [1.29, 1.82) is 0 Å². The van der Waals surface area contributed by atoms with Gasteiger partial charge < -0.3 is 15.5 Å². The second-order valence-electron chi connectivity index (χ2n) is 7.17. The fourth-order valence-electron chi connectivity index (χ4n) is 3.70. The Bertz CT molecular complexity index is 604. The lowest BCUT2D eigenvalue weighted by Gasteiger charge is -2.41. The third kappa shape index (κ3) is 4.33. The van der Waals surface area contributed by atoms with Crippen molar-refractivity contribution in [3.05, 3.63) is 35.4 Å². The zero-order valence-corrected chi connectivity index (χ0v) is 15.7. The van der Waals surface area contributed by atoms with Gasteiger partial charge >= 0.3 is 0 Å². The van der Waals surface area contributed by atoms with Crippen LogP contribution < -0.4 is 5.73 Å². The van der Waals surface area contributed by atoms with Gasteiger partial charge in [0, 0.05) is 31.7 Å². The summed E-state index contributed by atoms with van der Waals surface area (Å²) in [7, 11) is 0. The number of nitrogens with zero attached hydrogens (tertiary/aromatic N) is 2. The van der Waals surface area contributed by atoms with Crippen LogP contribution in [0.15, 0.2) is 24.3 Å². The number of aryl methyl sites for hydroxylation is 1. The SMILES string of the molecule is Cc1ccc(C(=O)N2CCN(C(=O)C3(N)CCCCC3)CC2)cc1.Cl. The first-order valence-electron chi connectivity index (χ1n) is 8.94. The summed E-state index contributed by atoms with van der Waals surface area (Å²) < 4.78 is 0. The number of carbonyl (C=O) groups is 2. The van der Waals surface area contributed by atoms with Crippen molar-refractivity contribution in [2.45, 2.75) is 44.6 Å². The maximum atomic E-state index is 12.8. The predicted molar refractivity (Wildman–Crippen MR) is 101 cm³/mol. The van der Waals surface area contributed by atoms with Gasteiger partial charge in [-0.25, -0.2) is 0 Å². The Balaban J connectivity index is 0.00000225. The number of hydrogen-bond donors (Lipinski definition) is 1. The van der Waals surface area contributed by atoms with E-state index in [-0.39, 0.29) is 24.2 Å². The Hall–Kier alpha value is -1.59. The lowest BCUT2D eigenvalue weighted by molar-refractivity contribution is -0.139. The second kappa shape index (κ2) is 8.19. The largest absolute Gasteiger partial charge is 0.338 e. The molecule has 25 heavy (non-hydrogen) atoms. The standard InChI is InChI=1S/C19H27N3O2.ClH/c1-15-5-7-16(8-6-15)17(23)21-11-13-22(14-12-21)18(24)19(20)9-3-2-4-10-19;/h5-8H,2-4,9-14,20H2,1H3;1H. The quantitative estimate of drug-likeness (QED) is 0.874. The van der Waals surface area contributed by atoms with Gasteiger partial charge in [0.15, 0.2) is 0 Å². The molecule has 1 aliphatic carbocycles. The molecule has 2 aliphatic rings. The van der Waals surface area contributed by atoms with E-state index in [9.17, 15) is 9.59 Å². The minimum Gasteiger partial charge on any atom is -0.338 e. The molecule has 1 aromatic rings. The average molecular weight is 366 g/mol. The van der Waals surface area contributed by atoms with Crippen LogP contribution in [0.4, 0.5) is 0 Å². The molecule has 2 N–H and O–H groups in total. The Morgan fingerprint density at radius 1 is 0.920 bits per heavy atom. The Morgan fingerprint density at radius 2 is 1.44 bits per heavy atom. The number of halogens is 1. The minimum absolute atomic E-state index is 0. The molecule has 1 heterocycles. The molecule has 1 saturated heterocycles. The van der Waals surface area contributed by atoms with Gasteiger partial charge in [0.2, 0.25) is 5.91 Å². The number of hydrogen-bond acceptors (Lipinski definition) is 3. The summed E-state index contributed by atoms with van der Waals surface area (Å²) in [5, 5.41) is 0. The molecule has 1 aromatic carbocycles. The van der Waals surface area contributed by atoms with E-state index in [2.05, 4.69) is 0 Å². The number of nitrogens with two attached hydrogens (primary N) is 1. The van der Waals surface area contributed by atoms with E-state index < -0.39 is 5.54 Å². The molecule has 1 aliphatic heterocycles. The van der Waals surface area contributed by atoms with Crippen LogP contribution >= 0.6 is 12.4 Å². The number of benzene rings is 1. The number of amides is 2. The third-order valence-corrected chi connectivity index (χ3v) is 5.32. The van der Waals surface area contributed by atoms with Crippen LogP contribution in [-0.4, -0.2) is 53.3 Å².